The SMILES string of the molecule is CC(CN)N(C)C(=O)c1ccc(Br)o1.Cl. The van der Waals surface area contributed by atoms with Gasteiger partial charge in [-0.2, -0.15) is 0 Å². The van der Waals surface area contributed by atoms with Gasteiger partial charge >= 0.3 is 0 Å². The Kier molecular flexibility index (Phi) is 5.93. The van der Waals surface area contributed by atoms with Gasteiger partial charge in [-0.3, -0.25) is 4.79 Å². The molecule has 0 radical (unpaired) electrons. The summed E-state index contributed by atoms with van der Waals surface area (Å²) in [6.45, 7) is 2.32. The summed E-state index contributed by atoms with van der Waals surface area (Å²) in [4.78, 5) is 13.3. The van der Waals surface area contributed by atoms with Gasteiger partial charge in [0.25, 0.3) is 5.91 Å². The lowest BCUT2D eigenvalue weighted by Gasteiger charge is -2.22. The van der Waals surface area contributed by atoms with E-state index in [2.05, 4.69) is 15.9 Å². The molecule has 1 rings (SSSR count). The molecule has 0 fully saturated rings. The molecular weight excluding hydrogens is 283 g/mol. The highest BCUT2D eigenvalue weighted by atomic mass is 79.9. The normalized spacial score (nSPS) is 11.7. The van der Waals surface area contributed by atoms with Crippen LogP contribution in [-0.2, 0) is 0 Å². The fourth-order valence-corrected chi connectivity index (χ4v) is 1.27. The van der Waals surface area contributed by atoms with Crippen LogP contribution in [0.2, 0.25) is 0 Å². The van der Waals surface area contributed by atoms with Crippen LogP contribution in [0.15, 0.2) is 21.2 Å². The van der Waals surface area contributed by atoms with Crippen LogP contribution in [0.5, 0.6) is 0 Å². The molecule has 15 heavy (non-hydrogen) atoms. The van der Waals surface area contributed by atoms with E-state index in [1.54, 1.807) is 24.1 Å². The molecule has 1 amide bonds. The molecule has 0 aliphatic carbocycles. The van der Waals surface area contributed by atoms with E-state index >= 15 is 0 Å². The highest BCUT2D eigenvalue weighted by Gasteiger charge is 2.19. The average molecular weight is 298 g/mol. The zero-order chi connectivity index (χ0) is 10.7. The summed E-state index contributed by atoms with van der Waals surface area (Å²) in [5.74, 6) is 0.160. The maximum atomic E-state index is 11.7. The van der Waals surface area contributed by atoms with E-state index in [-0.39, 0.29) is 24.4 Å². The average Bonchev–Trinajstić information content (AvgIpc) is 2.61. The molecular formula is C9H14BrClN2O2. The molecule has 6 heteroatoms. The zero-order valence-electron chi connectivity index (χ0n) is 8.57. The van der Waals surface area contributed by atoms with Crippen LogP contribution >= 0.6 is 28.3 Å². The first-order chi connectivity index (χ1) is 6.56. The number of amides is 1. The minimum Gasteiger partial charge on any atom is -0.444 e. The Labute approximate surface area is 103 Å². The fourth-order valence-electron chi connectivity index (χ4n) is 0.961. The van der Waals surface area contributed by atoms with Crippen molar-refractivity contribution in [3.63, 3.8) is 0 Å². The lowest BCUT2D eigenvalue weighted by atomic mass is 10.3. The van der Waals surface area contributed by atoms with Gasteiger partial charge in [-0.25, -0.2) is 0 Å². The number of nitrogens with two attached hydrogens (primary N) is 1. The molecule has 0 aliphatic heterocycles. The molecule has 1 unspecified atom stereocenters. The third-order valence-electron chi connectivity index (χ3n) is 2.11. The van der Waals surface area contributed by atoms with E-state index in [1.165, 1.54) is 0 Å². The topological polar surface area (TPSA) is 59.5 Å². The van der Waals surface area contributed by atoms with Crippen molar-refractivity contribution in [2.24, 2.45) is 5.73 Å². The summed E-state index contributed by atoms with van der Waals surface area (Å²) < 4.78 is 5.70. The number of furan rings is 1. The van der Waals surface area contributed by atoms with Crippen molar-refractivity contribution in [2.75, 3.05) is 13.6 Å². The Hall–Kier alpha value is -0.520. The molecule has 2 N–H and O–H groups in total. The minimum absolute atomic E-state index is 0. The van der Waals surface area contributed by atoms with Crippen molar-refractivity contribution in [1.82, 2.24) is 4.90 Å². The number of hydrogen-bond acceptors (Lipinski definition) is 3. The van der Waals surface area contributed by atoms with Crippen LogP contribution in [0.25, 0.3) is 0 Å². The number of nitrogens with zero attached hydrogens (tertiary/aromatic N) is 1. The molecule has 0 saturated heterocycles. The van der Waals surface area contributed by atoms with Crippen molar-refractivity contribution in [3.05, 3.63) is 22.6 Å². The standard InChI is InChI=1S/C9H13BrN2O2.ClH/c1-6(5-11)12(2)9(13)7-3-4-8(10)14-7;/h3-4,6H,5,11H2,1-2H3;1H. The van der Waals surface area contributed by atoms with E-state index in [0.29, 0.717) is 17.0 Å². The number of rotatable bonds is 3. The highest BCUT2D eigenvalue weighted by molar-refractivity contribution is 9.10. The van der Waals surface area contributed by atoms with Crippen molar-refractivity contribution in [3.8, 4) is 0 Å². The van der Waals surface area contributed by atoms with Gasteiger partial charge < -0.3 is 15.1 Å². The van der Waals surface area contributed by atoms with Gasteiger partial charge in [0, 0.05) is 19.6 Å². The number of halogens is 2. The molecule has 1 heterocycles. The molecule has 1 aromatic heterocycles. The Morgan fingerprint density at radius 2 is 2.27 bits per heavy atom. The summed E-state index contributed by atoms with van der Waals surface area (Å²) >= 11 is 3.14. The van der Waals surface area contributed by atoms with Gasteiger partial charge in [-0.15, -0.1) is 12.4 Å². The number of hydrogen-bond donors (Lipinski definition) is 1. The Balaban J connectivity index is 0.00000196. The summed E-state index contributed by atoms with van der Waals surface area (Å²) in [6.07, 6.45) is 0. The van der Waals surface area contributed by atoms with Crippen LogP contribution in [0.4, 0.5) is 0 Å². The number of likely N-dealkylation sites (N-methyl/N-ethyl adjacent to an activating group) is 1. The van der Waals surface area contributed by atoms with Crippen LogP contribution in [0, 0.1) is 0 Å². The first-order valence-corrected chi connectivity index (χ1v) is 5.08. The third kappa shape index (κ3) is 3.52. The monoisotopic (exact) mass is 296 g/mol. The third-order valence-corrected chi connectivity index (χ3v) is 2.53. The van der Waals surface area contributed by atoms with Gasteiger partial charge in [0.1, 0.15) is 0 Å². The summed E-state index contributed by atoms with van der Waals surface area (Å²) in [7, 11) is 1.70. The minimum atomic E-state index is -0.159. The predicted molar refractivity (Wildman–Crippen MR) is 64.3 cm³/mol. The van der Waals surface area contributed by atoms with Gasteiger partial charge in [0.15, 0.2) is 10.4 Å². The van der Waals surface area contributed by atoms with Crippen LogP contribution < -0.4 is 5.73 Å². The van der Waals surface area contributed by atoms with Gasteiger partial charge in [0.05, 0.1) is 0 Å². The molecule has 0 aliphatic rings. The summed E-state index contributed by atoms with van der Waals surface area (Å²) in [5, 5.41) is 0. The second-order valence-corrected chi connectivity index (χ2v) is 3.89. The fraction of sp³-hybridized carbons (Fsp3) is 0.444. The Morgan fingerprint density at radius 3 is 2.67 bits per heavy atom. The Morgan fingerprint density at radius 1 is 1.67 bits per heavy atom. The van der Waals surface area contributed by atoms with E-state index in [4.69, 9.17) is 10.2 Å². The quantitative estimate of drug-likeness (QED) is 0.927. The lowest BCUT2D eigenvalue weighted by Crippen LogP contribution is -2.39. The van der Waals surface area contributed by atoms with E-state index in [9.17, 15) is 4.79 Å². The van der Waals surface area contributed by atoms with Crippen LogP contribution in [0.3, 0.4) is 0 Å². The first kappa shape index (κ1) is 14.5. The van der Waals surface area contributed by atoms with Crippen LogP contribution in [-0.4, -0.2) is 30.4 Å². The molecule has 0 spiro atoms. The van der Waals surface area contributed by atoms with E-state index in [1.807, 2.05) is 6.92 Å². The predicted octanol–water partition coefficient (Wildman–Crippen LogP) is 1.88. The largest absolute Gasteiger partial charge is 0.444 e. The van der Waals surface area contributed by atoms with E-state index in [0.717, 1.165) is 0 Å². The molecule has 0 saturated carbocycles. The lowest BCUT2D eigenvalue weighted by molar-refractivity contribution is 0.0715. The molecule has 0 bridgehead atoms. The second kappa shape index (κ2) is 6.15. The summed E-state index contributed by atoms with van der Waals surface area (Å²) in [6, 6.07) is 3.33. The van der Waals surface area contributed by atoms with Gasteiger partial charge in [0.2, 0.25) is 0 Å². The highest BCUT2D eigenvalue weighted by Crippen LogP contribution is 2.15. The van der Waals surface area contributed by atoms with Crippen molar-refractivity contribution in [1.29, 1.82) is 0 Å². The van der Waals surface area contributed by atoms with Gasteiger partial charge in [-0.05, 0) is 35.0 Å². The molecule has 0 aromatic carbocycles. The Bertz CT molecular complexity index is 330. The molecule has 86 valence electrons. The zero-order valence-corrected chi connectivity index (χ0v) is 11.0. The van der Waals surface area contributed by atoms with Crippen molar-refractivity contribution >= 4 is 34.2 Å². The van der Waals surface area contributed by atoms with E-state index < -0.39 is 0 Å². The van der Waals surface area contributed by atoms with Crippen molar-refractivity contribution < 1.29 is 9.21 Å². The summed E-state index contributed by atoms with van der Waals surface area (Å²) in [5.41, 5.74) is 5.46. The first-order valence-electron chi connectivity index (χ1n) is 4.28. The van der Waals surface area contributed by atoms with Crippen molar-refractivity contribution in [2.45, 2.75) is 13.0 Å². The second-order valence-electron chi connectivity index (χ2n) is 3.10. The maximum Gasteiger partial charge on any atom is 0.289 e. The molecule has 1 aromatic rings. The van der Waals surface area contributed by atoms with Gasteiger partial charge in [-0.1, -0.05) is 0 Å². The number of carbonyl (C=O) groups is 1. The smallest absolute Gasteiger partial charge is 0.289 e. The number of carbonyl (C=O) groups excluding carboxylic acids is 1. The maximum absolute atomic E-state index is 11.7. The molecule has 4 nitrogen and oxygen atoms in total. The molecule has 1 atom stereocenters. The van der Waals surface area contributed by atoms with Crippen LogP contribution in [0.1, 0.15) is 17.5 Å².